The van der Waals surface area contributed by atoms with Gasteiger partial charge in [-0.2, -0.15) is 0 Å². The Kier molecular flexibility index (Phi) is 3.28. The molecule has 2 unspecified atom stereocenters. The highest BCUT2D eigenvalue weighted by atomic mass is 32.2. The van der Waals surface area contributed by atoms with Crippen molar-refractivity contribution in [2.75, 3.05) is 7.05 Å². The van der Waals surface area contributed by atoms with Gasteiger partial charge in [0.1, 0.15) is 0 Å². The quantitative estimate of drug-likeness (QED) is 0.684. The molecule has 0 aromatic heterocycles. The molecule has 0 N–H and O–H groups in total. The van der Waals surface area contributed by atoms with Crippen molar-refractivity contribution in [3.05, 3.63) is 0 Å². The van der Waals surface area contributed by atoms with E-state index in [9.17, 15) is 4.79 Å². The molecule has 0 aliphatic carbocycles. The summed E-state index contributed by atoms with van der Waals surface area (Å²) in [6.07, 6.45) is 0. The molecule has 0 bridgehead atoms. The van der Waals surface area contributed by atoms with Crippen LogP contribution in [0.1, 0.15) is 27.7 Å². The molecule has 0 aromatic carbocycles. The van der Waals surface area contributed by atoms with E-state index in [1.54, 1.807) is 0 Å². The minimum Gasteiger partial charge on any atom is -0.332 e. The zero-order valence-electron chi connectivity index (χ0n) is 9.07. The van der Waals surface area contributed by atoms with E-state index in [1.165, 1.54) is 11.8 Å². The summed E-state index contributed by atoms with van der Waals surface area (Å²) in [5.41, 5.74) is 0. The van der Waals surface area contributed by atoms with Crippen LogP contribution in [-0.4, -0.2) is 28.5 Å². The smallest absolute Gasteiger partial charge is 0.282 e. The molecule has 1 aliphatic heterocycles. The molecule has 0 spiro atoms. The highest BCUT2D eigenvalue weighted by Crippen LogP contribution is 2.38. The SMILES string of the molecule is CC(C)C1SC(=O)N(C)C1C(C)C. The van der Waals surface area contributed by atoms with E-state index in [0.717, 1.165) is 0 Å². The van der Waals surface area contributed by atoms with E-state index >= 15 is 0 Å². The standard InChI is InChI=1S/C10H19NOS/c1-6(2)8-9(7(3)4)13-10(12)11(8)5/h6-9H,1-5H3. The first kappa shape index (κ1) is 10.9. The van der Waals surface area contributed by atoms with E-state index in [-0.39, 0.29) is 5.24 Å². The van der Waals surface area contributed by atoms with E-state index < -0.39 is 0 Å². The van der Waals surface area contributed by atoms with Crippen molar-refractivity contribution < 1.29 is 4.79 Å². The van der Waals surface area contributed by atoms with Gasteiger partial charge in [0.25, 0.3) is 5.24 Å². The normalized spacial score (nSPS) is 29.5. The zero-order valence-corrected chi connectivity index (χ0v) is 9.89. The van der Waals surface area contributed by atoms with Gasteiger partial charge in [0, 0.05) is 18.3 Å². The van der Waals surface area contributed by atoms with Crippen molar-refractivity contribution in [1.29, 1.82) is 0 Å². The van der Waals surface area contributed by atoms with Crippen molar-refractivity contribution in [2.45, 2.75) is 39.0 Å². The predicted molar refractivity (Wildman–Crippen MR) is 58.0 cm³/mol. The van der Waals surface area contributed by atoms with Crippen LogP contribution >= 0.6 is 11.8 Å². The average Bonchev–Trinajstić information content (AvgIpc) is 2.28. The maximum atomic E-state index is 11.5. The molecule has 0 radical (unpaired) electrons. The van der Waals surface area contributed by atoms with Crippen LogP contribution in [0.15, 0.2) is 0 Å². The van der Waals surface area contributed by atoms with Crippen molar-refractivity contribution in [2.24, 2.45) is 11.8 Å². The molecule has 2 nitrogen and oxygen atoms in total. The summed E-state index contributed by atoms with van der Waals surface area (Å²) in [5, 5.41) is 0.704. The second kappa shape index (κ2) is 3.91. The molecule has 1 aliphatic rings. The van der Waals surface area contributed by atoms with Crippen molar-refractivity contribution in [3.63, 3.8) is 0 Å². The van der Waals surface area contributed by atoms with Crippen LogP contribution in [-0.2, 0) is 0 Å². The zero-order chi connectivity index (χ0) is 10.2. The number of thioether (sulfide) groups is 1. The van der Waals surface area contributed by atoms with Gasteiger partial charge in [-0.05, 0) is 11.8 Å². The number of carbonyl (C=O) groups is 1. The van der Waals surface area contributed by atoms with Crippen LogP contribution in [0, 0.1) is 11.8 Å². The van der Waals surface area contributed by atoms with Gasteiger partial charge in [-0.15, -0.1) is 0 Å². The van der Waals surface area contributed by atoms with E-state index in [2.05, 4.69) is 27.7 Å². The molecule has 0 aromatic rings. The monoisotopic (exact) mass is 201 g/mol. The number of hydrogen-bond donors (Lipinski definition) is 0. The molecule has 0 saturated carbocycles. The van der Waals surface area contributed by atoms with Gasteiger partial charge < -0.3 is 4.90 Å². The second-order valence-corrected chi connectivity index (χ2v) is 5.57. The molecule has 3 heteroatoms. The molecule has 1 heterocycles. The van der Waals surface area contributed by atoms with Gasteiger partial charge in [-0.3, -0.25) is 4.79 Å². The van der Waals surface area contributed by atoms with Crippen molar-refractivity contribution in [3.8, 4) is 0 Å². The molecular formula is C10H19NOS. The highest BCUT2D eigenvalue weighted by Gasteiger charge is 2.41. The molecule has 1 saturated heterocycles. The first-order valence-electron chi connectivity index (χ1n) is 4.88. The van der Waals surface area contributed by atoms with Gasteiger partial charge in [0.05, 0.1) is 0 Å². The van der Waals surface area contributed by atoms with E-state index in [4.69, 9.17) is 0 Å². The Balaban J connectivity index is 2.80. The largest absolute Gasteiger partial charge is 0.332 e. The van der Waals surface area contributed by atoms with Gasteiger partial charge >= 0.3 is 0 Å². The number of carbonyl (C=O) groups excluding carboxylic acids is 1. The van der Waals surface area contributed by atoms with Crippen molar-refractivity contribution >= 4 is 17.0 Å². The first-order valence-corrected chi connectivity index (χ1v) is 5.76. The second-order valence-electron chi connectivity index (χ2n) is 4.44. The van der Waals surface area contributed by atoms with Crippen LogP contribution < -0.4 is 0 Å². The number of hydrogen-bond acceptors (Lipinski definition) is 2. The van der Waals surface area contributed by atoms with E-state index in [1.807, 2.05) is 11.9 Å². The van der Waals surface area contributed by atoms with Gasteiger partial charge in [0.2, 0.25) is 0 Å². The fraction of sp³-hybridized carbons (Fsp3) is 0.900. The lowest BCUT2D eigenvalue weighted by atomic mass is 9.93. The maximum absolute atomic E-state index is 11.5. The third-order valence-electron chi connectivity index (χ3n) is 2.65. The lowest BCUT2D eigenvalue weighted by molar-refractivity contribution is 0.197. The Bertz CT molecular complexity index is 203. The fourth-order valence-electron chi connectivity index (χ4n) is 1.97. The molecule has 2 atom stereocenters. The van der Waals surface area contributed by atoms with Crippen LogP contribution in [0.25, 0.3) is 0 Å². The molecular weight excluding hydrogens is 182 g/mol. The number of rotatable bonds is 2. The number of amides is 1. The summed E-state index contributed by atoms with van der Waals surface area (Å²) >= 11 is 1.51. The molecule has 1 fully saturated rings. The van der Waals surface area contributed by atoms with Crippen molar-refractivity contribution in [1.82, 2.24) is 4.90 Å². The summed E-state index contributed by atoms with van der Waals surface area (Å²) in [4.78, 5) is 13.4. The Hall–Kier alpha value is -0.180. The van der Waals surface area contributed by atoms with Gasteiger partial charge in [-0.1, -0.05) is 39.5 Å². The average molecular weight is 201 g/mol. The first-order chi connectivity index (χ1) is 5.95. The topological polar surface area (TPSA) is 20.3 Å². The minimum absolute atomic E-state index is 0.234. The number of nitrogens with zero attached hydrogens (tertiary/aromatic N) is 1. The molecule has 76 valence electrons. The fourth-order valence-corrected chi connectivity index (χ4v) is 3.40. The Labute approximate surface area is 85.1 Å². The lowest BCUT2D eigenvalue weighted by Gasteiger charge is -2.29. The Morgan fingerprint density at radius 2 is 1.77 bits per heavy atom. The van der Waals surface area contributed by atoms with Gasteiger partial charge in [-0.25, -0.2) is 0 Å². The summed E-state index contributed by atoms with van der Waals surface area (Å²) in [6.45, 7) is 8.77. The Morgan fingerprint density at radius 3 is 2.08 bits per heavy atom. The third kappa shape index (κ3) is 2.01. The highest BCUT2D eigenvalue weighted by molar-refractivity contribution is 8.14. The summed E-state index contributed by atoms with van der Waals surface area (Å²) in [7, 11) is 1.92. The van der Waals surface area contributed by atoms with E-state index in [0.29, 0.717) is 23.1 Å². The lowest BCUT2D eigenvalue weighted by Crippen LogP contribution is -2.39. The van der Waals surface area contributed by atoms with Gasteiger partial charge in [0.15, 0.2) is 0 Å². The summed E-state index contributed by atoms with van der Waals surface area (Å²) < 4.78 is 0. The van der Waals surface area contributed by atoms with Crippen LogP contribution in [0.3, 0.4) is 0 Å². The molecule has 13 heavy (non-hydrogen) atoms. The van der Waals surface area contributed by atoms with Crippen LogP contribution in [0.2, 0.25) is 0 Å². The Morgan fingerprint density at radius 1 is 1.23 bits per heavy atom. The third-order valence-corrected chi connectivity index (χ3v) is 4.23. The molecule has 1 amide bonds. The van der Waals surface area contributed by atoms with Crippen LogP contribution in [0.5, 0.6) is 0 Å². The summed E-state index contributed by atoms with van der Waals surface area (Å²) in [6, 6.07) is 0.414. The molecule has 1 rings (SSSR count). The minimum atomic E-state index is 0.234. The predicted octanol–water partition coefficient (Wildman–Crippen LogP) is 2.83. The van der Waals surface area contributed by atoms with Crippen LogP contribution in [0.4, 0.5) is 4.79 Å². The maximum Gasteiger partial charge on any atom is 0.282 e. The summed E-state index contributed by atoms with van der Waals surface area (Å²) in [5.74, 6) is 1.13.